The van der Waals surface area contributed by atoms with Crippen molar-refractivity contribution in [2.24, 2.45) is 11.7 Å². The summed E-state index contributed by atoms with van der Waals surface area (Å²) in [5.74, 6) is -0.586. The third-order valence-corrected chi connectivity index (χ3v) is 2.90. The molecule has 0 radical (unpaired) electrons. The Balaban J connectivity index is 0.00000361. The highest BCUT2D eigenvalue weighted by Gasteiger charge is 2.14. The quantitative estimate of drug-likeness (QED) is 0.815. The van der Waals surface area contributed by atoms with Crippen molar-refractivity contribution in [1.29, 1.82) is 0 Å². The molecule has 0 aromatic heterocycles. The highest BCUT2D eigenvalue weighted by Crippen LogP contribution is 2.02. The molecule has 2 amide bonds. The molecule has 1 aromatic carbocycles. The van der Waals surface area contributed by atoms with E-state index in [4.69, 9.17) is 5.73 Å². The number of amides is 2. The van der Waals surface area contributed by atoms with E-state index < -0.39 is 0 Å². The second-order valence-electron chi connectivity index (χ2n) is 4.59. The average molecular weight is 300 g/mol. The first kappa shape index (κ1) is 18.4. The fourth-order valence-electron chi connectivity index (χ4n) is 1.52. The zero-order valence-electron chi connectivity index (χ0n) is 11.8. The number of carbonyl (C=O) groups is 2. The van der Waals surface area contributed by atoms with Crippen molar-refractivity contribution in [3.63, 3.8) is 0 Å². The van der Waals surface area contributed by atoms with Gasteiger partial charge in [0, 0.05) is 26.1 Å². The molecule has 0 aliphatic rings. The second kappa shape index (κ2) is 9.34. The molecule has 0 aliphatic carbocycles. The van der Waals surface area contributed by atoms with Gasteiger partial charge in [-0.1, -0.05) is 37.3 Å². The number of hydrogen-bond donors (Lipinski definition) is 2. The molecule has 0 fully saturated rings. The summed E-state index contributed by atoms with van der Waals surface area (Å²) in [6, 6.07) is 9.70. The maximum absolute atomic E-state index is 11.8. The van der Waals surface area contributed by atoms with E-state index in [1.165, 1.54) is 0 Å². The minimum Gasteiger partial charge on any atom is -0.347 e. The number of likely N-dealkylation sites (N-methyl/N-ethyl adjacent to an activating group) is 1. The maximum Gasteiger partial charge on any atom is 0.242 e. The highest BCUT2D eigenvalue weighted by molar-refractivity contribution is 5.86. The number of nitrogens with one attached hydrogen (secondary N) is 1. The van der Waals surface area contributed by atoms with Gasteiger partial charge in [-0.25, -0.2) is 0 Å². The monoisotopic (exact) mass is 299 g/mol. The fraction of sp³-hybridized carbons (Fsp3) is 0.429. The summed E-state index contributed by atoms with van der Waals surface area (Å²) in [4.78, 5) is 24.9. The van der Waals surface area contributed by atoms with Crippen LogP contribution in [0.5, 0.6) is 0 Å². The van der Waals surface area contributed by atoms with Crippen LogP contribution in [-0.2, 0) is 16.1 Å². The molecule has 20 heavy (non-hydrogen) atoms. The third-order valence-electron chi connectivity index (χ3n) is 2.90. The number of nitrogens with zero attached hydrogens (tertiary/aromatic N) is 1. The van der Waals surface area contributed by atoms with Gasteiger partial charge in [0.25, 0.3) is 0 Å². The lowest BCUT2D eigenvalue weighted by Gasteiger charge is -2.18. The molecule has 0 aliphatic heterocycles. The number of halogens is 1. The van der Waals surface area contributed by atoms with Gasteiger partial charge in [-0.05, 0) is 5.56 Å². The second-order valence-corrected chi connectivity index (χ2v) is 4.59. The van der Waals surface area contributed by atoms with Crippen LogP contribution in [0, 0.1) is 5.92 Å². The van der Waals surface area contributed by atoms with Crippen molar-refractivity contribution in [3.8, 4) is 0 Å². The molecule has 0 spiro atoms. The molecule has 1 unspecified atom stereocenters. The van der Waals surface area contributed by atoms with Gasteiger partial charge in [0.15, 0.2) is 0 Å². The molecule has 0 heterocycles. The smallest absolute Gasteiger partial charge is 0.242 e. The summed E-state index contributed by atoms with van der Waals surface area (Å²) >= 11 is 0. The van der Waals surface area contributed by atoms with Crippen molar-refractivity contribution >= 4 is 24.2 Å². The van der Waals surface area contributed by atoms with Gasteiger partial charge in [0.05, 0.1) is 6.54 Å². The van der Waals surface area contributed by atoms with Crippen LogP contribution in [-0.4, -0.2) is 36.9 Å². The summed E-state index contributed by atoms with van der Waals surface area (Å²) in [5, 5.41) is 2.59. The van der Waals surface area contributed by atoms with E-state index in [1.54, 1.807) is 18.9 Å². The molecule has 3 N–H and O–H groups in total. The van der Waals surface area contributed by atoms with E-state index in [9.17, 15) is 9.59 Å². The van der Waals surface area contributed by atoms with E-state index in [0.29, 0.717) is 6.54 Å². The van der Waals surface area contributed by atoms with Gasteiger partial charge in [-0.2, -0.15) is 0 Å². The summed E-state index contributed by atoms with van der Waals surface area (Å²) in [5.41, 5.74) is 6.44. The molecular formula is C14H22ClN3O2. The van der Waals surface area contributed by atoms with Crippen LogP contribution < -0.4 is 11.1 Å². The van der Waals surface area contributed by atoms with E-state index in [2.05, 4.69) is 5.32 Å². The Labute approximate surface area is 125 Å². The molecule has 0 bridgehead atoms. The van der Waals surface area contributed by atoms with Crippen LogP contribution in [0.4, 0.5) is 0 Å². The minimum absolute atomic E-state index is 0. The maximum atomic E-state index is 11.8. The zero-order valence-corrected chi connectivity index (χ0v) is 12.7. The van der Waals surface area contributed by atoms with Crippen molar-refractivity contribution in [3.05, 3.63) is 35.9 Å². The van der Waals surface area contributed by atoms with Gasteiger partial charge in [0.2, 0.25) is 11.8 Å². The topological polar surface area (TPSA) is 75.4 Å². The molecular weight excluding hydrogens is 278 g/mol. The minimum atomic E-state index is -0.271. The molecule has 5 nitrogen and oxygen atoms in total. The van der Waals surface area contributed by atoms with Crippen molar-refractivity contribution in [1.82, 2.24) is 10.2 Å². The van der Waals surface area contributed by atoms with Gasteiger partial charge in [-0.15, -0.1) is 12.4 Å². The predicted molar refractivity (Wildman–Crippen MR) is 81.4 cm³/mol. The van der Waals surface area contributed by atoms with Crippen LogP contribution in [0.1, 0.15) is 12.5 Å². The number of hydrogen-bond acceptors (Lipinski definition) is 3. The Bertz CT molecular complexity index is 426. The lowest BCUT2D eigenvalue weighted by Crippen LogP contribution is -2.41. The number of rotatable bonds is 6. The first-order chi connectivity index (χ1) is 9.04. The van der Waals surface area contributed by atoms with Crippen LogP contribution in [0.2, 0.25) is 0 Å². The Morgan fingerprint density at radius 1 is 1.30 bits per heavy atom. The standard InChI is InChI=1S/C14H21N3O2.ClH/c1-11(8-15)14(19)16-9-13(18)17(2)10-12-6-4-3-5-7-12;/h3-7,11H,8-10,15H2,1-2H3,(H,16,19);1H. The van der Waals surface area contributed by atoms with Crippen LogP contribution in [0.3, 0.4) is 0 Å². The molecule has 1 aromatic rings. The van der Waals surface area contributed by atoms with Crippen LogP contribution in [0.15, 0.2) is 30.3 Å². The number of nitrogens with two attached hydrogens (primary N) is 1. The SMILES string of the molecule is CC(CN)C(=O)NCC(=O)N(C)Cc1ccccc1.Cl. The van der Waals surface area contributed by atoms with E-state index >= 15 is 0 Å². The number of benzene rings is 1. The highest BCUT2D eigenvalue weighted by atomic mass is 35.5. The number of carbonyl (C=O) groups excluding carboxylic acids is 2. The molecule has 1 rings (SSSR count). The zero-order chi connectivity index (χ0) is 14.3. The van der Waals surface area contributed by atoms with E-state index in [-0.39, 0.29) is 43.2 Å². The molecule has 1 atom stereocenters. The van der Waals surface area contributed by atoms with Crippen molar-refractivity contribution in [2.75, 3.05) is 20.1 Å². The van der Waals surface area contributed by atoms with E-state index in [0.717, 1.165) is 5.56 Å². The molecule has 112 valence electrons. The van der Waals surface area contributed by atoms with Gasteiger partial charge in [0.1, 0.15) is 0 Å². The van der Waals surface area contributed by atoms with Gasteiger partial charge in [-0.3, -0.25) is 9.59 Å². The Morgan fingerprint density at radius 3 is 2.45 bits per heavy atom. The summed E-state index contributed by atoms with van der Waals surface area (Å²) in [7, 11) is 1.72. The lowest BCUT2D eigenvalue weighted by atomic mass is 10.2. The normalized spacial score (nSPS) is 11.2. The molecule has 0 saturated heterocycles. The van der Waals surface area contributed by atoms with Crippen LogP contribution in [0.25, 0.3) is 0 Å². The molecule has 6 heteroatoms. The average Bonchev–Trinajstić information content (AvgIpc) is 2.44. The predicted octanol–water partition coefficient (Wildman–Crippen LogP) is 0.778. The van der Waals surface area contributed by atoms with E-state index in [1.807, 2.05) is 30.3 Å². The van der Waals surface area contributed by atoms with Crippen molar-refractivity contribution < 1.29 is 9.59 Å². The third kappa shape index (κ3) is 6.04. The Kier molecular flexibility index (Phi) is 8.59. The van der Waals surface area contributed by atoms with Crippen molar-refractivity contribution in [2.45, 2.75) is 13.5 Å². The first-order valence-electron chi connectivity index (χ1n) is 6.30. The first-order valence-corrected chi connectivity index (χ1v) is 6.30. The Morgan fingerprint density at radius 2 is 1.90 bits per heavy atom. The van der Waals surface area contributed by atoms with Gasteiger partial charge >= 0.3 is 0 Å². The largest absolute Gasteiger partial charge is 0.347 e. The van der Waals surface area contributed by atoms with Gasteiger partial charge < -0.3 is 16.0 Å². The summed E-state index contributed by atoms with van der Waals surface area (Å²) in [6.07, 6.45) is 0. The lowest BCUT2D eigenvalue weighted by molar-refractivity contribution is -0.133. The Hall–Kier alpha value is -1.59. The molecule has 0 saturated carbocycles. The summed E-state index contributed by atoms with van der Waals surface area (Å²) in [6.45, 7) is 2.54. The fourth-order valence-corrected chi connectivity index (χ4v) is 1.52. The summed E-state index contributed by atoms with van der Waals surface area (Å²) < 4.78 is 0. The van der Waals surface area contributed by atoms with Crippen LogP contribution >= 0.6 is 12.4 Å².